The van der Waals surface area contributed by atoms with Crippen LogP contribution >= 0.6 is 0 Å². The van der Waals surface area contributed by atoms with Crippen LogP contribution < -0.4 is 5.32 Å². The molecule has 1 aliphatic rings. The first-order valence-electron chi connectivity index (χ1n) is 7.38. The molecule has 0 radical (unpaired) electrons. The number of hydrogen-bond donors (Lipinski definition) is 2. The minimum atomic E-state index is -0.502. The van der Waals surface area contributed by atoms with Crippen LogP contribution in [0.2, 0.25) is 0 Å². The summed E-state index contributed by atoms with van der Waals surface area (Å²) in [7, 11) is 0. The van der Waals surface area contributed by atoms with Gasteiger partial charge in [0.2, 0.25) is 0 Å². The molecule has 22 heavy (non-hydrogen) atoms. The van der Waals surface area contributed by atoms with E-state index in [-0.39, 0.29) is 23.9 Å². The van der Waals surface area contributed by atoms with Gasteiger partial charge in [0.05, 0.1) is 0 Å². The number of nitrogens with zero attached hydrogens (tertiary/aromatic N) is 1. The Kier molecular flexibility index (Phi) is 4.60. The van der Waals surface area contributed by atoms with E-state index in [0.29, 0.717) is 18.7 Å². The van der Waals surface area contributed by atoms with Crippen LogP contribution in [0.1, 0.15) is 39.3 Å². The van der Waals surface area contributed by atoms with Gasteiger partial charge in [-0.05, 0) is 33.8 Å². The number of ether oxygens (including phenoxy) is 1. The molecule has 0 saturated carbocycles. The lowest BCUT2D eigenvalue weighted by atomic mass is 10.0. The van der Waals surface area contributed by atoms with Crippen molar-refractivity contribution in [3.63, 3.8) is 0 Å². The van der Waals surface area contributed by atoms with Gasteiger partial charge in [-0.1, -0.05) is 6.07 Å². The van der Waals surface area contributed by atoms with Crippen LogP contribution in [0.5, 0.6) is 5.75 Å². The first-order valence-corrected chi connectivity index (χ1v) is 7.38. The number of likely N-dealkylation sites (tertiary alicyclic amines) is 1. The molecular formula is C16H23FN2O3. The summed E-state index contributed by atoms with van der Waals surface area (Å²) < 4.78 is 19.1. The second-order valence-corrected chi connectivity index (χ2v) is 6.68. The largest absolute Gasteiger partial charge is 0.508 e. The van der Waals surface area contributed by atoms with Gasteiger partial charge in [0, 0.05) is 36.8 Å². The molecule has 1 aromatic rings. The molecule has 1 heterocycles. The summed E-state index contributed by atoms with van der Waals surface area (Å²) in [6.07, 6.45) is -0.325. The van der Waals surface area contributed by atoms with E-state index < -0.39 is 11.4 Å². The second-order valence-electron chi connectivity index (χ2n) is 6.68. The quantitative estimate of drug-likeness (QED) is 0.901. The standard InChI is InChI=1S/C16H23FN2O3/c1-10(13-6-5-12(20)7-14(13)17)18-11-8-19(9-11)15(21)22-16(2,3)4/h5-7,10-11,18,20H,8-9H2,1-4H3. The SMILES string of the molecule is CC(NC1CN(C(=O)OC(C)(C)C)C1)c1ccc(O)cc1F. The average molecular weight is 310 g/mol. The van der Waals surface area contributed by atoms with Crippen LogP contribution in [0.25, 0.3) is 0 Å². The minimum absolute atomic E-state index is 0.0896. The van der Waals surface area contributed by atoms with Crippen molar-refractivity contribution in [3.05, 3.63) is 29.6 Å². The first kappa shape index (κ1) is 16.5. The monoisotopic (exact) mass is 310 g/mol. The highest BCUT2D eigenvalue weighted by Crippen LogP contribution is 2.23. The molecule has 1 atom stereocenters. The van der Waals surface area contributed by atoms with Gasteiger partial charge < -0.3 is 20.1 Å². The fourth-order valence-corrected chi connectivity index (χ4v) is 2.37. The van der Waals surface area contributed by atoms with Crippen molar-refractivity contribution >= 4 is 6.09 Å². The number of aromatic hydroxyl groups is 1. The lowest BCUT2D eigenvalue weighted by Gasteiger charge is -2.41. The number of carbonyl (C=O) groups excluding carboxylic acids is 1. The number of amides is 1. The van der Waals surface area contributed by atoms with Gasteiger partial charge in [0.25, 0.3) is 0 Å². The zero-order valence-electron chi connectivity index (χ0n) is 13.4. The normalized spacial score (nSPS) is 17.0. The van der Waals surface area contributed by atoms with Crippen molar-refractivity contribution in [2.75, 3.05) is 13.1 Å². The maximum Gasteiger partial charge on any atom is 0.410 e. The summed E-state index contributed by atoms with van der Waals surface area (Å²) in [5.41, 5.74) is -0.00793. The minimum Gasteiger partial charge on any atom is -0.508 e. The zero-order chi connectivity index (χ0) is 16.5. The Morgan fingerprint density at radius 1 is 1.45 bits per heavy atom. The highest BCUT2D eigenvalue weighted by molar-refractivity contribution is 5.69. The van der Waals surface area contributed by atoms with Gasteiger partial charge in [-0.3, -0.25) is 0 Å². The number of halogens is 1. The molecule has 2 rings (SSSR count). The van der Waals surface area contributed by atoms with Crippen LogP contribution in [0.15, 0.2) is 18.2 Å². The molecule has 1 fully saturated rings. The van der Waals surface area contributed by atoms with E-state index in [1.165, 1.54) is 6.07 Å². The Balaban J connectivity index is 1.83. The number of rotatable bonds is 3. The average Bonchev–Trinajstić information content (AvgIpc) is 2.30. The molecule has 0 aromatic heterocycles. The Morgan fingerprint density at radius 3 is 2.64 bits per heavy atom. The van der Waals surface area contributed by atoms with Gasteiger partial charge in [0.1, 0.15) is 17.2 Å². The van der Waals surface area contributed by atoms with Crippen LogP contribution in [0, 0.1) is 5.82 Å². The summed E-state index contributed by atoms with van der Waals surface area (Å²) in [5, 5.41) is 12.5. The van der Waals surface area contributed by atoms with E-state index in [4.69, 9.17) is 4.74 Å². The molecular weight excluding hydrogens is 287 g/mol. The van der Waals surface area contributed by atoms with Crippen LogP contribution in [0.3, 0.4) is 0 Å². The van der Waals surface area contributed by atoms with Crippen molar-refractivity contribution in [3.8, 4) is 5.75 Å². The Morgan fingerprint density at radius 2 is 2.09 bits per heavy atom. The molecule has 1 aliphatic heterocycles. The van der Waals surface area contributed by atoms with Crippen molar-refractivity contribution in [2.45, 2.75) is 45.4 Å². The summed E-state index contributed by atoms with van der Waals surface area (Å²) in [4.78, 5) is 13.4. The van der Waals surface area contributed by atoms with Gasteiger partial charge in [-0.25, -0.2) is 9.18 Å². The predicted molar refractivity (Wildman–Crippen MR) is 81.2 cm³/mol. The highest BCUT2D eigenvalue weighted by atomic mass is 19.1. The van der Waals surface area contributed by atoms with E-state index in [1.54, 1.807) is 11.0 Å². The van der Waals surface area contributed by atoms with Gasteiger partial charge in [0.15, 0.2) is 0 Å². The lowest BCUT2D eigenvalue weighted by Crippen LogP contribution is -2.60. The third kappa shape index (κ3) is 4.10. The van der Waals surface area contributed by atoms with Crippen LogP contribution in [0.4, 0.5) is 9.18 Å². The maximum absolute atomic E-state index is 13.8. The fraction of sp³-hybridized carbons (Fsp3) is 0.562. The van der Waals surface area contributed by atoms with Crippen molar-refractivity contribution < 1.29 is 19.0 Å². The number of phenolic OH excluding ortho intramolecular Hbond substituents is 1. The van der Waals surface area contributed by atoms with Crippen molar-refractivity contribution in [1.82, 2.24) is 10.2 Å². The van der Waals surface area contributed by atoms with Crippen molar-refractivity contribution in [2.24, 2.45) is 0 Å². The molecule has 122 valence electrons. The maximum atomic E-state index is 13.8. The van der Waals surface area contributed by atoms with Gasteiger partial charge in [-0.15, -0.1) is 0 Å². The number of benzene rings is 1. The number of hydrogen-bond acceptors (Lipinski definition) is 4. The van der Waals surface area contributed by atoms with E-state index in [9.17, 15) is 14.3 Å². The molecule has 5 nitrogen and oxygen atoms in total. The molecule has 1 aromatic carbocycles. The summed E-state index contributed by atoms with van der Waals surface area (Å²) in [6, 6.07) is 4.03. The van der Waals surface area contributed by atoms with Crippen molar-refractivity contribution in [1.29, 1.82) is 0 Å². The highest BCUT2D eigenvalue weighted by Gasteiger charge is 2.34. The number of nitrogens with one attached hydrogen (secondary N) is 1. The molecule has 1 amide bonds. The third-order valence-electron chi connectivity index (χ3n) is 3.47. The van der Waals surface area contributed by atoms with E-state index in [2.05, 4.69) is 5.32 Å². The Hall–Kier alpha value is -1.82. The zero-order valence-corrected chi connectivity index (χ0v) is 13.4. The van der Waals surface area contributed by atoms with E-state index in [1.807, 2.05) is 27.7 Å². The molecule has 1 saturated heterocycles. The Bertz CT molecular complexity index is 551. The van der Waals surface area contributed by atoms with E-state index >= 15 is 0 Å². The van der Waals surface area contributed by atoms with Gasteiger partial charge >= 0.3 is 6.09 Å². The predicted octanol–water partition coefficient (Wildman–Crippen LogP) is 2.80. The molecule has 2 N–H and O–H groups in total. The number of carbonyl (C=O) groups is 1. The second kappa shape index (κ2) is 6.12. The third-order valence-corrected chi connectivity index (χ3v) is 3.47. The molecule has 6 heteroatoms. The molecule has 0 spiro atoms. The van der Waals surface area contributed by atoms with E-state index in [0.717, 1.165) is 6.07 Å². The summed E-state index contributed by atoms with van der Waals surface area (Å²) >= 11 is 0. The fourth-order valence-electron chi connectivity index (χ4n) is 2.37. The Labute approximate surface area is 130 Å². The summed E-state index contributed by atoms with van der Waals surface area (Å²) in [6.45, 7) is 8.42. The summed E-state index contributed by atoms with van der Waals surface area (Å²) in [5.74, 6) is -0.531. The molecule has 0 bridgehead atoms. The van der Waals surface area contributed by atoms with Gasteiger partial charge in [-0.2, -0.15) is 0 Å². The number of phenols is 1. The topological polar surface area (TPSA) is 61.8 Å². The smallest absolute Gasteiger partial charge is 0.410 e. The molecule has 0 aliphatic carbocycles. The lowest BCUT2D eigenvalue weighted by molar-refractivity contribution is 0.00429. The van der Waals surface area contributed by atoms with Crippen LogP contribution in [-0.4, -0.2) is 40.8 Å². The van der Waals surface area contributed by atoms with Crippen LogP contribution in [-0.2, 0) is 4.74 Å². The molecule has 1 unspecified atom stereocenters. The first-order chi connectivity index (χ1) is 10.2.